The molecule has 3 N–H and O–H groups in total. The van der Waals surface area contributed by atoms with Crippen LogP contribution in [0.15, 0.2) is 24.3 Å². The summed E-state index contributed by atoms with van der Waals surface area (Å²) in [6.07, 6.45) is 8.16. The van der Waals surface area contributed by atoms with Crippen molar-refractivity contribution < 1.29 is 0 Å². The van der Waals surface area contributed by atoms with E-state index in [4.69, 9.17) is 5.84 Å². The fraction of sp³-hybridized carbons (Fsp3) is 0.600. The van der Waals surface area contributed by atoms with Crippen LogP contribution in [0.1, 0.15) is 55.7 Å². The Kier molecular flexibility index (Phi) is 4.57. The van der Waals surface area contributed by atoms with Gasteiger partial charge in [-0.25, -0.2) is 0 Å². The van der Waals surface area contributed by atoms with Gasteiger partial charge in [0.05, 0.1) is 0 Å². The minimum Gasteiger partial charge on any atom is -0.271 e. The minimum atomic E-state index is 0.315. The van der Waals surface area contributed by atoms with E-state index in [2.05, 4.69) is 36.6 Å². The van der Waals surface area contributed by atoms with Gasteiger partial charge in [-0.05, 0) is 31.2 Å². The number of hydrogen-bond acceptors (Lipinski definition) is 2. The number of hydrogen-bond donors (Lipinski definition) is 2. The van der Waals surface area contributed by atoms with Crippen LogP contribution in [0.2, 0.25) is 0 Å². The summed E-state index contributed by atoms with van der Waals surface area (Å²) in [5.74, 6) is 6.63. The van der Waals surface area contributed by atoms with Gasteiger partial charge in [-0.2, -0.15) is 0 Å². The standard InChI is InChI=1S/C15H24N2/c1-12-5-4-8-14(11-12)15(17-16)10-9-13-6-2-3-7-13/h4-5,8,11,13,15,17H,2-3,6-7,9-10,16H2,1H3. The summed E-state index contributed by atoms with van der Waals surface area (Å²) in [7, 11) is 0. The molecule has 17 heavy (non-hydrogen) atoms. The minimum absolute atomic E-state index is 0.315. The Morgan fingerprint density at radius 2 is 2.12 bits per heavy atom. The fourth-order valence-electron chi connectivity index (χ4n) is 2.93. The molecule has 1 atom stereocenters. The quantitative estimate of drug-likeness (QED) is 0.602. The van der Waals surface area contributed by atoms with Crippen LogP contribution in [0.3, 0.4) is 0 Å². The molecule has 1 saturated carbocycles. The van der Waals surface area contributed by atoms with Gasteiger partial charge in [-0.15, -0.1) is 0 Å². The van der Waals surface area contributed by atoms with Gasteiger partial charge in [0.15, 0.2) is 0 Å². The lowest BCUT2D eigenvalue weighted by molar-refractivity contribution is 0.416. The molecule has 0 heterocycles. The number of nitrogens with two attached hydrogens (primary N) is 1. The van der Waals surface area contributed by atoms with Gasteiger partial charge < -0.3 is 0 Å². The molecule has 1 aromatic rings. The second-order valence-corrected chi connectivity index (χ2v) is 5.36. The molecule has 1 fully saturated rings. The summed E-state index contributed by atoms with van der Waals surface area (Å²) in [6, 6.07) is 8.97. The van der Waals surface area contributed by atoms with Crippen LogP contribution in [0, 0.1) is 12.8 Å². The van der Waals surface area contributed by atoms with Gasteiger partial charge in [-0.1, -0.05) is 55.5 Å². The molecule has 0 bridgehead atoms. The Morgan fingerprint density at radius 1 is 1.35 bits per heavy atom. The Morgan fingerprint density at radius 3 is 2.76 bits per heavy atom. The van der Waals surface area contributed by atoms with Crippen molar-refractivity contribution in [2.75, 3.05) is 0 Å². The van der Waals surface area contributed by atoms with E-state index in [9.17, 15) is 0 Å². The van der Waals surface area contributed by atoms with Crippen molar-refractivity contribution in [3.63, 3.8) is 0 Å². The Balaban J connectivity index is 1.91. The van der Waals surface area contributed by atoms with E-state index < -0.39 is 0 Å². The molecule has 2 rings (SSSR count). The van der Waals surface area contributed by atoms with Crippen LogP contribution in [0.4, 0.5) is 0 Å². The highest BCUT2D eigenvalue weighted by Crippen LogP contribution is 2.31. The molecule has 1 aliphatic carbocycles. The normalized spacial score (nSPS) is 18.5. The number of benzene rings is 1. The highest BCUT2D eigenvalue weighted by molar-refractivity contribution is 5.24. The van der Waals surface area contributed by atoms with Crippen LogP contribution in [0.25, 0.3) is 0 Å². The van der Waals surface area contributed by atoms with E-state index in [0.717, 1.165) is 12.3 Å². The first kappa shape index (κ1) is 12.6. The lowest BCUT2D eigenvalue weighted by Crippen LogP contribution is -2.28. The smallest absolute Gasteiger partial charge is 0.0460 e. The third-order valence-corrected chi connectivity index (χ3v) is 3.98. The summed E-state index contributed by atoms with van der Waals surface area (Å²) >= 11 is 0. The van der Waals surface area contributed by atoms with Crippen molar-refractivity contribution in [1.82, 2.24) is 5.43 Å². The molecule has 0 saturated heterocycles. The third-order valence-electron chi connectivity index (χ3n) is 3.98. The van der Waals surface area contributed by atoms with Crippen molar-refractivity contribution in [2.24, 2.45) is 11.8 Å². The van der Waals surface area contributed by atoms with E-state index in [1.165, 1.54) is 43.2 Å². The molecular formula is C15H24N2. The van der Waals surface area contributed by atoms with Crippen molar-refractivity contribution in [1.29, 1.82) is 0 Å². The molecule has 0 spiro atoms. The first-order valence-corrected chi connectivity index (χ1v) is 6.82. The SMILES string of the molecule is Cc1cccc(C(CCC2CCCC2)NN)c1. The van der Waals surface area contributed by atoms with E-state index in [0.29, 0.717) is 6.04 Å². The molecule has 0 amide bonds. The summed E-state index contributed by atoms with van der Waals surface area (Å²) in [6.45, 7) is 2.13. The summed E-state index contributed by atoms with van der Waals surface area (Å²) in [5, 5.41) is 0. The van der Waals surface area contributed by atoms with Crippen LogP contribution in [-0.2, 0) is 0 Å². The molecule has 1 aliphatic rings. The number of rotatable bonds is 5. The van der Waals surface area contributed by atoms with Gasteiger partial charge in [0, 0.05) is 6.04 Å². The lowest BCUT2D eigenvalue weighted by Gasteiger charge is -2.18. The summed E-state index contributed by atoms with van der Waals surface area (Å²) in [4.78, 5) is 0. The first-order chi connectivity index (χ1) is 8.29. The monoisotopic (exact) mass is 232 g/mol. The van der Waals surface area contributed by atoms with Crippen LogP contribution < -0.4 is 11.3 Å². The maximum absolute atomic E-state index is 5.69. The van der Waals surface area contributed by atoms with Gasteiger partial charge in [-0.3, -0.25) is 11.3 Å². The zero-order chi connectivity index (χ0) is 12.1. The fourth-order valence-corrected chi connectivity index (χ4v) is 2.93. The first-order valence-electron chi connectivity index (χ1n) is 6.82. The highest BCUT2D eigenvalue weighted by Gasteiger charge is 2.17. The zero-order valence-electron chi connectivity index (χ0n) is 10.8. The van der Waals surface area contributed by atoms with Crippen LogP contribution in [0.5, 0.6) is 0 Å². The van der Waals surface area contributed by atoms with Crippen molar-refractivity contribution in [3.8, 4) is 0 Å². The molecule has 94 valence electrons. The summed E-state index contributed by atoms with van der Waals surface area (Å²) < 4.78 is 0. The molecule has 0 aliphatic heterocycles. The second-order valence-electron chi connectivity index (χ2n) is 5.36. The van der Waals surface area contributed by atoms with E-state index in [-0.39, 0.29) is 0 Å². The topological polar surface area (TPSA) is 38.0 Å². The second kappa shape index (κ2) is 6.18. The van der Waals surface area contributed by atoms with E-state index in [1.54, 1.807) is 0 Å². The Labute approximate surface area is 105 Å². The highest BCUT2D eigenvalue weighted by atomic mass is 15.2. The molecule has 0 radical (unpaired) electrons. The molecule has 2 nitrogen and oxygen atoms in total. The number of hydrazine groups is 1. The van der Waals surface area contributed by atoms with Crippen LogP contribution >= 0.6 is 0 Å². The summed E-state index contributed by atoms with van der Waals surface area (Å²) in [5.41, 5.74) is 5.60. The molecular weight excluding hydrogens is 208 g/mol. The van der Waals surface area contributed by atoms with Gasteiger partial charge in [0.2, 0.25) is 0 Å². The molecule has 1 aromatic carbocycles. The lowest BCUT2D eigenvalue weighted by atomic mass is 9.94. The van der Waals surface area contributed by atoms with Crippen molar-refractivity contribution >= 4 is 0 Å². The predicted molar refractivity (Wildman–Crippen MR) is 72.4 cm³/mol. The molecule has 2 heteroatoms. The zero-order valence-corrected chi connectivity index (χ0v) is 10.8. The maximum atomic E-state index is 5.69. The van der Waals surface area contributed by atoms with E-state index in [1.807, 2.05) is 0 Å². The van der Waals surface area contributed by atoms with Crippen LogP contribution in [-0.4, -0.2) is 0 Å². The third kappa shape index (κ3) is 3.55. The average Bonchev–Trinajstić information content (AvgIpc) is 2.83. The van der Waals surface area contributed by atoms with Gasteiger partial charge >= 0.3 is 0 Å². The molecule has 0 aromatic heterocycles. The number of aryl methyl sites for hydroxylation is 1. The largest absolute Gasteiger partial charge is 0.271 e. The predicted octanol–water partition coefficient (Wildman–Crippen LogP) is 3.47. The van der Waals surface area contributed by atoms with Crippen molar-refractivity contribution in [2.45, 2.75) is 51.5 Å². The maximum Gasteiger partial charge on any atom is 0.0460 e. The Hall–Kier alpha value is -0.860. The van der Waals surface area contributed by atoms with Gasteiger partial charge in [0.25, 0.3) is 0 Å². The van der Waals surface area contributed by atoms with E-state index >= 15 is 0 Å². The average molecular weight is 232 g/mol. The Bertz CT molecular complexity index is 343. The van der Waals surface area contributed by atoms with Crippen molar-refractivity contribution in [3.05, 3.63) is 35.4 Å². The molecule has 1 unspecified atom stereocenters. The number of nitrogens with one attached hydrogen (secondary N) is 1. The van der Waals surface area contributed by atoms with Gasteiger partial charge in [0.1, 0.15) is 0 Å².